The van der Waals surface area contributed by atoms with Crippen LogP contribution in [0, 0.1) is 28.6 Å². The van der Waals surface area contributed by atoms with E-state index in [1.165, 1.54) is 38.5 Å². The van der Waals surface area contributed by atoms with Crippen LogP contribution in [0.3, 0.4) is 0 Å². The molecule has 2 heteroatoms. The van der Waals surface area contributed by atoms with Crippen molar-refractivity contribution in [2.24, 2.45) is 28.6 Å². The van der Waals surface area contributed by atoms with Crippen LogP contribution in [0.5, 0.6) is 0 Å². The average molecular weight is 294 g/mol. The van der Waals surface area contributed by atoms with Crippen LogP contribution < -0.4 is 0 Å². The van der Waals surface area contributed by atoms with Gasteiger partial charge in [0.15, 0.2) is 0 Å². The molecule has 0 radical (unpaired) electrons. The molecule has 2 aliphatic carbocycles. The van der Waals surface area contributed by atoms with E-state index in [2.05, 4.69) is 27.7 Å². The predicted octanol–water partition coefficient (Wildman–Crippen LogP) is 5.21. The molecular formula is C19H34O2. The molecule has 2 rings (SSSR count). The summed E-state index contributed by atoms with van der Waals surface area (Å²) in [7, 11) is 0. The second-order valence-corrected chi connectivity index (χ2v) is 8.11. The van der Waals surface area contributed by atoms with Crippen LogP contribution in [0.2, 0.25) is 0 Å². The van der Waals surface area contributed by atoms with E-state index in [-0.39, 0.29) is 16.8 Å². The highest BCUT2D eigenvalue weighted by atomic mass is 16.5. The number of carbonyl (C=O) groups is 1. The van der Waals surface area contributed by atoms with Gasteiger partial charge < -0.3 is 4.74 Å². The number of carbonyl (C=O) groups excluding carboxylic acids is 1. The third kappa shape index (κ3) is 2.64. The van der Waals surface area contributed by atoms with Crippen molar-refractivity contribution in [3.63, 3.8) is 0 Å². The number of hydrogen-bond donors (Lipinski definition) is 0. The largest absolute Gasteiger partial charge is 0.466 e. The molecule has 2 nitrogen and oxygen atoms in total. The van der Waals surface area contributed by atoms with Crippen molar-refractivity contribution in [3.05, 3.63) is 0 Å². The zero-order valence-electron chi connectivity index (χ0n) is 14.7. The van der Waals surface area contributed by atoms with Crippen LogP contribution in [-0.2, 0) is 9.53 Å². The van der Waals surface area contributed by atoms with E-state index in [4.69, 9.17) is 4.74 Å². The molecule has 2 saturated carbocycles. The van der Waals surface area contributed by atoms with Crippen LogP contribution in [0.1, 0.15) is 79.6 Å². The Morgan fingerprint density at radius 3 is 2.29 bits per heavy atom. The highest BCUT2D eigenvalue weighted by molar-refractivity contribution is 5.79. The number of hydrogen-bond acceptors (Lipinski definition) is 2. The van der Waals surface area contributed by atoms with Gasteiger partial charge in [0.05, 0.1) is 12.0 Å². The monoisotopic (exact) mass is 294 g/mol. The predicted molar refractivity (Wildman–Crippen MR) is 87.0 cm³/mol. The fourth-order valence-electron chi connectivity index (χ4n) is 5.47. The summed E-state index contributed by atoms with van der Waals surface area (Å²) >= 11 is 0. The van der Waals surface area contributed by atoms with Crippen molar-refractivity contribution in [3.8, 4) is 0 Å². The molecule has 0 aliphatic heterocycles. The molecule has 21 heavy (non-hydrogen) atoms. The fraction of sp³-hybridized carbons (Fsp3) is 0.947. The van der Waals surface area contributed by atoms with Crippen LogP contribution in [0.25, 0.3) is 0 Å². The van der Waals surface area contributed by atoms with E-state index in [9.17, 15) is 4.79 Å². The van der Waals surface area contributed by atoms with Crippen molar-refractivity contribution in [1.29, 1.82) is 0 Å². The Bertz CT molecular complexity index is 368. The lowest BCUT2D eigenvalue weighted by atomic mass is 9.45. The summed E-state index contributed by atoms with van der Waals surface area (Å²) < 4.78 is 5.65. The van der Waals surface area contributed by atoms with Gasteiger partial charge in [-0.3, -0.25) is 4.79 Å². The van der Waals surface area contributed by atoms with E-state index < -0.39 is 0 Å². The Labute approximate surface area is 131 Å². The maximum atomic E-state index is 13.2. The average Bonchev–Trinajstić information content (AvgIpc) is 2.45. The summed E-state index contributed by atoms with van der Waals surface area (Å²) in [5, 5.41) is 0. The minimum Gasteiger partial charge on any atom is -0.466 e. The minimum atomic E-state index is -0.277. The SMILES string of the molecule is CCOC(=O)C1(C2CCCCC2)C(C)C(C)CCC1(C)C. The quantitative estimate of drug-likeness (QED) is 0.668. The number of esters is 1. The first kappa shape index (κ1) is 16.8. The van der Waals surface area contributed by atoms with E-state index in [0.29, 0.717) is 24.4 Å². The van der Waals surface area contributed by atoms with Gasteiger partial charge in [-0.05, 0) is 55.8 Å². The fourth-order valence-corrected chi connectivity index (χ4v) is 5.47. The summed E-state index contributed by atoms with van der Waals surface area (Å²) in [6.45, 7) is 11.7. The van der Waals surface area contributed by atoms with Gasteiger partial charge in [0.25, 0.3) is 0 Å². The van der Waals surface area contributed by atoms with Crippen LogP contribution >= 0.6 is 0 Å². The number of rotatable bonds is 3. The molecule has 0 aromatic carbocycles. The van der Waals surface area contributed by atoms with Gasteiger partial charge in [-0.15, -0.1) is 0 Å². The first-order valence-corrected chi connectivity index (χ1v) is 9.05. The molecule has 3 atom stereocenters. The first-order chi connectivity index (χ1) is 9.88. The smallest absolute Gasteiger partial charge is 0.313 e. The van der Waals surface area contributed by atoms with Crippen molar-refractivity contribution < 1.29 is 9.53 Å². The second-order valence-electron chi connectivity index (χ2n) is 8.11. The minimum absolute atomic E-state index is 0.0488. The van der Waals surface area contributed by atoms with Crippen LogP contribution in [0.4, 0.5) is 0 Å². The van der Waals surface area contributed by atoms with Crippen LogP contribution in [-0.4, -0.2) is 12.6 Å². The molecule has 0 heterocycles. The molecule has 2 fully saturated rings. The zero-order valence-corrected chi connectivity index (χ0v) is 14.7. The molecule has 122 valence electrons. The lowest BCUT2D eigenvalue weighted by Crippen LogP contribution is -2.59. The van der Waals surface area contributed by atoms with Gasteiger partial charge in [0.1, 0.15) is 0 Å². The van der Waals surface area contributed by atoms with E-state index in [1.54, 1.807) is 0 Å². The second kappa shape index (κ2) is 6.30. The molecule has 0 bridgehead atoms. The summed E-state index contributed by atoms with van der Waals surface area (Å²) in [6.07, 6.45) is 8.69. The maximum Gasteiger partial charge on any atom is 0.313 e. The molecule has 0 N–H and O–H groups in total. The third-order valence-electron chi connectivity index (χ3n) is 6.78. The zero-order chi connectivity index (χ0) is 15.7. The van der Waals surface area contributed by atoms with Gasteiger partial charge >= 0.3 is 5.97 Å². The van der Waals surface area contributed by atoms with Gasteiger partial charge in [0.2, 0.25) is 0 Å². The van der Waals surface area contributed by atoms with E-state index >= 15 is 0 Å². The van der Waals surface area contributed by atoms with E-state index in [0.717, 1.165) is 6.42 Å². The summed E-state index contributed by atoms with van der Waals surface area (Å²) in [6, 6.07) is 0. The third-order valence-corrected chi connectivity index (χ3v) is 6.78. The van der Waals surface area contributed by atoms with Crippen LogP contribution in [0.15, 0.2) is 0 Å². The summed E-state index contributed by atoms with van der Waals surface area (Å²) in [4.78, 5) is 13.2. The van der Waals surface area contributed by atoms with E-state index in [1.807, 2.05) is 6.92 Å². The molecule has 0 spiro atoms. The molecule has 3 unspecified atom stereocenters. The molecule has 2 aliphatic rings. The van der Waals surface area contributed by atoms with Crippen molar-refractivity contribution in [2.45, 2.75) is 79.6 Å². The molecule has 0 aromatic rings. The maximum absolute atomic E-state index is 13.2. The Hall–Kier alpha value is -0.530. The Morgan fingerprint density at radius 2 is 1.71 bits per heavy atom. The van der Waals surface area contributed by atoms with Gasteiger partial charge in [-0.2, -0.15) is 0 Å². The highest BCUT2D eigenvalue weighted by Crippen LogP contribution is 2.62. The Kier molecular flexibility index (Phi) is 5.05. The summed E-state index contributed by atoms with van der Waals surface area (Å²) in [5.74, 6) is 1.65. The lowest BCUT2D eigenvalue weighted by molar-refractivity contribution is -0.191. The van der Waals surface area contributed by atoms with Gasteiger partial charge in [-0.1, -0.05) is 47.0 Å². The molecular weight excluding hydrogens is 260 g/mol. The van der Waals surface area contributed by atoms with Crippen molar-refractivity contribution in [1.82, 2.24) is 0 Å². The van der Waals surface area contributed by atoms with Crippen molar-refractivity contribution in [2.75, 3.05) is 6.61 Å². The molecule has 0 saturated heterocycles. The summed E-state index contributed by atoms with van der Waals surface area (Å²) in [5.41, 5.74) is -0.228. The van der Waals surface area contributed by atoms with Gasteiger partial charge in [0, 0.05) is 0 Å². The highest BCUT2D eigenvalue weighted by Gasteiger charge is 2.62. The molecule has 0 amide bonds. The topological polar surface area (TPSA) is 26.3 Å². The Morgan fingerprint density at radius 1 is 1.10 bits per heavy atom. The lowest BCUT2D eigenvalue weighted by Gasteiger charge is -2.58. The standard InChI is InChI=1S/C19H34O2/c1-6-21-17(20)19(16-10-8-7-9-11-16)15(3)14(2)12-13-18(19,4)5/h14-16H,6-13H2,1-5H3. The normalized spacial score (nSPS) is 37.2. The molecule has 0 aromatic heterocycles. The van der Waals surface area contributed by atoms with Crippen molar-refractivity contribution >= 4 is 5.97 Å². The first-order valence-electron chi connectivity index (χ1n) is 9.05. The Balaban J connectivity index is 2.47. The van der Waals surface area contributed by atoms with Gasteiger partial charge in [-0.25, -0.2) is 0 Å². The number of ether oxygens (including phenoxy) is 1.